The summed E-state index contributed by atoms with van der Waals surface area (Å²) in [7, 11) is 0. The van der Waals surface area contributed by atoms with Gasteiger partial charge in [-0.3, -0.25) is 0 Å². The first-order valence-corrected chi connectivity index (χ1v) is 10.1. The Bertz CT molecular complexity index is 632. The lowest BCUT2D eigenvalue weighted by Gasteiger charge is -2.32. The molecule has 0 bridgehead atoms. The number of nitrogens with one attached hydrogen (secondary N) is 3. The Labute approximate surface area is 168 Å². The van der Waals surface area contributed by atoms with E-state index in [4.69, 9.17) is 4.74 Å². The highest BCUT2D eigenvalue weighted by molar-refractivity contribution is 5.74. The van der Waals surface area contributed by atoms with E-state index in [9.17, 15) is 9.59 Å². The number of likely N-dealkylation sites (tertiary alicyclic amines) is 1. The summed E-state index contributed by atoms with van der Waals surface area (Å²) < 4.78 is 5.23. The van der Waals surface area contributed by atoms with Gasteiger partial charge in [0.1, 0.15) is 5.60 Å². The number of ether oxygens (including phenoxy) is 1. The fraction of sp³-hybridized carbons (Fsp3) is 0.619. The largest absolute Gasteiger partial charge is 0.444 e. The molecule has 0 unspecified atom stereocenters. The molecule has 1 saturated heterocycles. The minimum absolute atomic E-state index is 0.0327. The van der Waals surface area contributed by atoms with E-state index in [0.29, 0.717) is 19.1 Å². The molecule has 1 aliphatic rings. The number of carbonyl (C=O) groups excluding carboxylic acids is 2. The third-order valence-corrected chi connectivity index (χ3v) is 4.52. The smallest absolute Gasteiger partial charge is 0.407 e. The van der Waals surface area contributed by atoms with Gasteiger partial charge in [-0.05, 0) is 64.7 Å². The highest BCUT2D eigenvalue weighted by Gasteiger charge is 2.22. The van der Waals surface area contributed by atoms with Gasteiger partial charge in [-0.15, -0.1) is 0 Å². The van der Waals surface area contributed by atoms with Crippen LogP contribution in [0.3, 0.4) is 0 Å². The van der Waals surface area contributed by atoms with Gasteiger partial charge in [0, 0.05) is 37.9 Å². The molecule has 0 atom stereocenters. The van der Waals surface area contributed by atoms with Crippen LogP contribution in [0.4, 0.5) is 15.3 Å². The van der Waals surface area contributed by atoms with Crippen molar-refractivity contribution in [2.75, 3.05) is 31.5 Å². The quantitative estimate of drug-likeness (QED) is 0.696. The number of piperidine rings is 1. The first kappa shape index (κ1) is 21.9. The van der Waals surface area contributed by atoms with Crippen molar-refractivity contribution in [3.63, 3.8) is 0 Å². The Balaban J connectivity index is 1.70. The number of anilines is 1. The lowest BCUT2D eigenvalue weighted by atomic mass is 10.0. The van der Waals surface area contributed by atoms with Crippen LogP contribution in [-0.2, 0) is 11.2 Å². The summed E-state index contributed by atoms with van der Waals surface area (Å²) >= 11 is 0. The van der Waals surface area contributed by atoms with E-state index in [-0.39, 0.29) is 12.1 Å². The van der Waals surface area contributed by atoms with Crippen molar-refractivity contribution in [3.05, 3.63) is 29.8 Å². The van der Waals surface area contributed by atoms with Crippen LogP contribution >= 0.6 is 0 Å². The van der Waals surface area contributed by atoms with Gasteiger partial charge in [0.2, 0.25) is 0 Å². The zero-order valence-corrected chi connectivity index (χ0v) is 17.5. The number of rotatable bonds is 6. The normalized spacial score (nSPS) is 15.1. The topological polar surface area (TPSA) is 82.7 Å². The van der Waals surface area contributed by atoms with Gasteiger partial charge in [-0.1, -0.05) is 12.1 Å². The van der Waals surface area contributed by atoms with E-state index in [0.717, 1.165) is 43.6 Å². The second kappa shape index (κ2) is 10.2. The Morgan fingerprint density at radius 3 is 2.32 bits per heavy atom. The predicted molar refractivity (Wildman–Crippen MR) is 112 cm³/mol. The highest BCUT2D eigenvalue weighted by Crippen LogP contribution is 2.17. The highest BCUT2D eigenvalue weighted by atomic mass is 16.6. The number of alkyl carbamates (subject to hydrolysis) is 1. The molecule has 0 radical (unpaired) electrons. The zero-order valence-electron chi connectivity index (χ0n) is 17.5. The standard InChI is InChI=1S/C21H34N4O3/c1-5-22-19(26)25-14-11-18(12-15-25)24-17-8-6-16(7-9-17)10-13-23-20(27)28-21(2,3)4/h6-9,18,24H,5,10-15H2,1-4H3,(H,22,26)(H,23,27). The maximum Gasteiger partial charge on any atom is 0.407 e. The Morgan fingerprint density at radius 2 is 1.75 bits per heavy atom. The van der Waals surface area contributed by atoms with E-state index in [1.807, 2.05) is 32.6 Å². The van der Waals surface area contributed by atoms with Crippen LogP contribution in [0, 0.1) is 0 Å². The predicted octanol–water partition coefficient (Wildman–Crippen LogP) is 3.36. The van der Waals surface area contributed by atoms with Crippen molar-refractivity contribution in [2.45, 2.75) is 58.6 Å². The molecule has 3 amide bonds. The number of benzene rings is 1. The van der Waals surface area contributed by atoms with Gasteiger partial charge in [0.25, 0.3) is 0 Å². The summed E-state index contributed by atoms with van der Waals surface area (Å²) in [4.78, 5) is 25.4. The maximum absolute atomic E-state index is 11.9. The van der Waals surface area contributed by atoms with Gasteiger partial charge >= 0.3 is 12.1 Å². The summed E-state index contributed by atoms with van der Waals surface area (Å²) in [6.07, 6.45) is 2.26. The van der Waals surface area contributed by atoms with Crippen LogP contribution in [0.1, 0.15) is 46.1 Å². The average Bonchev–Trinajstić information content (AvgIpc) is 2.62. The van der Waals surface area contributed by atoms with Gasteiger partial charge in [-0.25, -0.2) is 9.59 Å². The molecule has 0 aliphatic carbocycles. The van der Waals surface area contributed by atoms with Crippen molar-refractivity contribution in [3.8, 4) is 0 Å². The summed E-state index contributed by atoms with van der Waals surface area (Å²) in [5.41, 5.74) is 1.76. The molecule has 156 valence electrons. The molecule has 0 saturated carbocycles. The van der Waals surface area contributed by atoms with Crippen LogP contribution in [0.25, 0.3) is 0 Å². The Morgan fingerprint density at radius 1 is 1.11 bits per heavy atom. The number of amides is 3. The summed E-state index contributed by atoms with van der Waals surface area (Å²) in [6.45, 7) is 10.2. The van der Waals surface area contributed by atoms with Crippen LogP contribution < -0.4 is 16.0 Å². The van der Waals surface area contributed by atoms with Gasteiger partial charge in [-0.2, -0.15) is 0 Å². The van der Waals surface area contributed by atoms with Crippen LogP contribution in [-0.4, -0.2) is 54.8 Å². The molecule has 28 heavy (non-hydrogen) atoms. The molecule has 2 rings (SSSR count). The van der Waals surface area contributed by atoms with Crippen molar-refractivity contribution in [2.24, 2.45) is 0 Å². The number of urea groups is 1. The SMILES string of the molecule is CCNC(=O)N1CCC(Nc2ccc(CCNC(=O)OC(C)(C)C)cc2)CC1. The van der Waals surface area contributed by atoms with Gasteiger partial charge in [0.15, 0.2) is 0 Å². The minimum Gasteiger partial charge on any atom is -0.444 e. The maximum atomic E-state index is 11.9. The molecule has 0 spiro atoms. The number of hydrogen-bond donors (Lipinski definition) is 3. The van der Waals surface area contributed by atoms with E-state index in [2.05, 4.69) is 40.2 Å². The zero-order chi connectivity index (χ0) is 20.6. The van der Waals surface area contributed by atoms with Crippen LogP contribution in [0.2, 0.25) is 0 Å². The molecule has 0 aromatic heterocycles. The van der Waals surface area contributed by atoms with Crippen molar-refractivity contribution >= 4 is 17.8 Å². The molecular weight excluding hydrogens is 356 g/mol. The lowest BCUT2D eigenvalue weighted by molar-refractivity contribution is 0.0528. The van der Waals surface area contributed by atoms with Crippen molar-refractivity contribution in [1.29, 1.82) is 0 Å². The second-order valence-electron chi connectivity index (χ2n) is 8.12. The van der Waals surface area contributed by atoms with Gasteiger partial charge in [0.05, 0.1) is 0 Å². The van der Waals surface area contributed by atoms with Crippen molar-refractivity contribution < 1.29 is 14.3 Å². The molecule has 1 heterocycles. The first-order chi connectivity index (χ1) is 13.3. The van der Waals surface area contributed by atoms with Crippen molar-refractivity contribution in [1.82, 2.24) is 15.5 Å². The number of carbonyl (C=O) groups is 2. The average molecular weight is 391 g/mol. The second-order valence-corrected chi connectivity index (χ2v) is 8.12. The van der Waals surface area contributed by atoms with Crippen LogP contribution in [0.15, 0.2) is 24.3 Å². The molecule has 1 fully saturated rings. The first-order valence-electron chi connectivity index (χ1n) is 10.1. The fourth-order valence-corrected chi connectivity index (χ4v) is 3.12. The molecular formula is C21H34N4O3. The molecule has 3 N–H and O–H groups in total. The molecule has 1 aliphatic heterocycles. The van der Waals surface area contributed by atoms with E-state index < -0.39 is 5.60 Å². The van der Waals surface area contributed by atoms with E-state index >= 15 is 0 Å². The molecule has 7 heteroatoms. The molecule has 7 nitrogen and oxygen atoms in total. The Kier molecular flexibility index (Phi) is 7.96. The monoisotopic (exact) mass is 390 g/mol. The van der Waals surface area contributed by atoms with E-state index in [1.54, 1.807) is 0 Å². The fourth-order valence-electron chi connectivity index (χ4n) is 3.12. The number of nitrogens with zero attached hydrogens (tertiary/aromatic N) is 1. The Hall–Kier alpha value is -2.44. The van der Waals surface area contributed by atoms with E-state index in [1.165, 1.54) is 0 Å². The third-order valence-electron chi connectivity index (χ3n) is 4.52. The summed E-state index contributed by atoms with van der Waals surface area (Å²) in [5, 5.41) is 9.18. The number of hydrogen-bond acceptors (Lipinski definition) is 4. The lowest BCUT2D eigenvalue weighted by Crippen LogP contribution is -2.46. The molecule has 1 aromatic carbocycles. The summed E-state index contributed by atoms with van der Waals surface area (Å²) in [6, 6.07) is 8.69. The van der Waals surface area contributed by atoms with Crippen LogP contribution in [0.5, 0.6) is 0 Å². The minimum atomic E-state index is -0.479. The third kappa shape index (κ3) is 7.66. The molecule has 1 aromatic rings. The van der Waals surface area contributed by atoms with Gasteiger partial charge < -0.3 is 25.6 Å². The summed E-state index contributed by atoms with van der Waals surface area (Å²) in [5.74, 6) is 0.